The highest BCUT2D eigenvalue weighted by molar-refractivity contribution is 8.00. The lowest BCUT2D eigenvalue weighted by molar-refractivity contribution is -0.132. The van der Waals surface area contributed by atoms with E-state index in [9.17, 15) is 14.7 Å². The molecule has 0 spiro atoms. The molecular formula is C36H31N5O4S2. The fourth-order valence-electron chi connectivity index (χ4n) is 5.90. The van der Waals surface area contributed by atoms with E-state index in [0.29, 0.717) is 45.0 Å². The summed E-state index contributed by atoms with van der Waals surface area (Å²) in [5.74, 6) is -0.643. The number of unbranched alkanes of at least 4 members (excludes halogenated alkanes) is 1. The summed E-state index contributed by atoms with van der Waals surface area (Å²) in [6, 6.07) is 26.2. The molecular weight excluding hydrogens is 631 g/mol. The number of imidazole rings is 1. The number of aryl methyl sites for hydroxylation is 1. The zero-order valence-corrected chi connectivity index (χ0v) is 27.4. The van der Waals surface area contributed by atoms with Crippen LogP contribution in [0.2, 0.25) is 0 Å². The van der Waals surface area contributed by atoms with Gasteiger partial charge in [0.25, 0.3) is 5.78 Å². The molecule has 4 heterocycles. The number of anilines is 1. The van der Waals surface area contributed by atoms with Crippen LogP contribution in [0.15, 0.2) is 101 Å². The average Bonchev–Trinajstić information content (AvgIpc) is 3.77. The number of Topliss-reactive ketones (excluding diaryl/α,β-unsaturated/α-hetero) is 1. The van der Waals surface area contributed by atoms with Crippen molar-refractivity contribution in [2.75, 3.05) is 11.5 Å². The lowest BCUT2D eigenvalue weighted by Gasteiger charge is -2.23. The van der Waals surface area contributed by atoms with Gasteiger partial charge in [0.15, 0.2) is 10.1 Å². The third-order valence-corrected chi connectivity index (χ3v) is 10.3. The maximum Gasteiger partial charge on any atom is 0.301 e. The van der Waals surface area contributed by atoms with E-state index < -0.39 is 17.7 Å². The highest BCUT2D eigenvalue weighted by Crippen LogP contribution is 2.45. The second kappa shape index (κ2) is 13.0. The maximum absolute atomic E-state index is 13.9. The minimum absolute atomic E-state index is 0.0466. The van der Waals surface area contributed by atoms with Gasteiger partial charge in [-0.05, 0) is 59.5 Å². The van der Waals surface area contributed by atoms with E-state index in [-0.39, 0.29) is 16.5 Å². The number of ether oxygens (including phenoxy) is 1. The number of aliphatic hydroxyl groups is 1. The van der Waals surface area contributed by atoms with E-state index in [4.69, 9.17) is 4.74 Å². The molecule has 1 saturated heterocycles. The fourth-order valence-corrected chi connectivity index (χ4v) is 7.77. The van der Waals surface area contributed by atoms with Crippen molar-refractivity contribution in [1.29, 1.82) is 0 Å². The molecule has 236 valence electrons. The molecule has 1 amide bonds. The summed E-state index contributed by atoms with van der Waals surface area (Å²) in [6.45, 7) is 4.39. The molecule has 0 bridgehead atoms. The van der Waals surface area contributed by atoms with Gasteiger partial charge in [-0.25, -0.2) is 4.98 Å². The van der Waals surface area contributed by atoms with E-state index >= 15 is 0 Å². The molecule has 47 heavy (non-hydrogen) atoms. The van der Waals surface area contributed by atoms with Crippen LogP contribution in [-0.2, 0) is 15.3 Å². The van der Waals surface area contributed by atoms with E-state index in [1.54, 1.807) is 17.5 Å². The minimum atomic E-state index is -0.970. The van der Waals surface area contributed by atoms with Gasteiger partial charge in [-0.2, -0.15) is 0 Å². The lowest BCUT2D eigenvalue weighted by atomic mass is 9.96. The topological polar surface area (TPSA) is 110 Å². The Labute approximate surface area is 279 Å². The highest BCUT2D eigenvalue weighted by Gasteiger charge is 2.49. The third-order valence-electron chi connectivity index (χ3n) is 8.15. The van der Waals surface area contributed by atoms with Crippen LogP contribution in [0.4, 0.5) is 5.13 Å². The first kappa shape index (κ1) is 30.6. The van der Waals surface area contributed by atoms with Gasteiger partial charge in [0, 0.05) is 11.9 Å². The largest absolute Gasteiger partial charge is 0.505 e. The predicted octanol–water partition coefficient (Wildman–Crippen LogP) is 7.74. The summed E-state index contributed by atoms with van der Waals surface area (Å²) >= 11 is 2.76. The molecule has 0 aliphatic carbocycles. The highest BCUT2D eigenvalue weighted by atomic mass is 32.2. The van der Waals surface area contributed by atoms with Gasteiger partial charge in [0.05, 0.1) is 23.9 Å². The number of hydrogen-bond acceptors (Lipinski definition) is 9. The molecule has 1 fully saturated rings. The third kappa shape index (κ3) is 5.77. The van der Waals surface area contributed by atoms with Crippen molar-refractivity contribution in [2.45, 2.75) is 42.8 Å². The number of fused-ring (bicyclic) bond motifs is 2. The predicted molar refractivity (Wildman–Crippen MR) is 185 cm³/mol. The molecule has 1 atom stereocenters. The molecule has 3 aromatic carbocycles. The first-order valence-electron chi connectivity index (χ1n) is 15.4. The van der Waals surface area contributed by atoms with E-state index in [1.807, 2.05) is 60.7 Å². The average molecular weight is 662 g/mol. The van der Waals surface area contributed by atoms with Crippen LogP contribution in [0.1, 0.15) is 48.3 Å². The molecule has 1 aliphatic heterocycles. The van der Waals surface area contributed by atoms with Gasteiger partial charge >= 0.3 is 5.91 Å². The molecule has 11 heteroatoms. The Morgan fingerprint density at radius 1 is 1.00 bits per heavy atom. The number of benzene rings is 3. The number of pyridine rings is 1. The Kier molecular flexibility index (Phi) is 8.48. The zero-order valence-electron chi connectivity index (χ0n) is 25.8. The van der Waals surface area contributed by atoms with Crippen LogP contribution >= 0.6 is 23.1 Å². The molecule has 6 aromatic rings. The fraction of sp³-hybridized carbons (Fsp3) is 0.194. The number of ketones is 1. The molecule has 0 radical (unpaired) electrons. The van der Waals surface area contributed by atoms with E-state index in [0.717, 1.165) is 23.8 Å². The number of hydrogen-bond donors (Lipinski definition) is 1. The molecule has 7 rings (SSSR count). The molecule has 0 saturated carbocycles. The number of carbonyl (C=O) groups is 2. The lowest BCUT2D eigenvalue weighted by Crippen LogP contribution is -2.29. The normalized spacial score (nSPS) is 16.0. The number of thioether (sulfide) groups is 1. The van der Waals surface area contributed by atoms with Crippen LogP contribution in [0.5, 0.6) is 5.75 Å². The van der Waals surface area contributed by atoms with Crippen molar-refractivity contribution in [1.82, 2.24) is 19.6 Å². The summed E-state index contributed by atoms with van der Waals surface area (Å²) in [7, 11) is 0. The van der Waals surface area contributed by atoms with Crippen molar-refractivity contribution in [3.63, 3.8) is 0 Å². The Bertz CT molecular complexity index is 2170. The van der Waals surface area contributed by atoms with E-state index in [2.05, 4.69) is 46.4 Å². The van der Waals surface area contributed by atoms with Gasteiger partial charge in [-0.3, -0.25) is 18.9 Å². The molecule has 9 nitrogen and oxygen atoms in total. The number of amides is 1. The van der Waals surface area contributed by atoms with Crippen LogP contribution in [0.25, 0.3) is 22.2 Å². The second-order valence-corrected chi connectivity index (χ2v) is 13.4. The van der Waals surface area contributed by atoms with Crippen molar-refractivity contribution >= 4 is 62.1 Å². The number of aliphatic hydroxyl groups excluding tert-OH is 1. The van der Waals surface area contributed by atoms with Gasteiger partial charge in [0.2, 0.25) is 5.13 Å². The summed E-state index contributed by atoms with van der Waals surface area (Å²) in [5, 5.41) is 23.2. The quantitative estimate of drug-likeness (QED) is 0.0397. The number of aromatic nitrogens is 4. The SMILES string of the molecule is CCCCOc1cccc(C2C(=C(O)c3c(C)nc4ccccn34)C(=O)C(=O)N2c2nnc(SCc3cccc4ccccc34)s2)c1. The van der Waals surface area contributed by atoms with Gasteiger partial charge in [0.1, 0.15) is 17.1 Å². The Balaban J connectivity index is 1.29. The second-order valence-electron chi connectivity index (χ2n) is 11.2. The Morgan fingerprint density at radius 2 is 1.81 bits per heavy atom. The van der Waals surface area contributed by atoms with E-state index in [1.165, 1.54) is 33.4 Å². The monoisotopic (exact) mass is 661 g/mol. The van der Waals surface area contributed by atoms with Crippen LogP contribution in [0.3, 0.4) is 0 Å². The first-order valence-corrected chi connectivity index (χ1v) is 17.2. The standard InChI is InChI=1S/C36H31N5O4S2/c1-3-4-19-45-26-15-10-13-24(20-26)31-29(32(42)30-22(2)37-28-17-7-8-18-40(28)30)33(43)34(44)41(31)35-38-39-36(47-35)46-21-25-14-9-12-23-11-5-6-16-27(23)25/h5-18,20,31,42H,3-4,19,21H2,1-2H3. The van der Waals surface area contributed by atoms with Crippen molar-refractivity contribution in [3.05, 3.63) is 119 Å². The zero-order chi connectivity index (χ0) is 32.5. The minimum Gasteiger partial charge on any atom is -0.505 e. The van der Waals surface area contributed by atoms with Gasteiger partial charge in [-0.1, -0.05) is 97.1 Å². The Morgan fingerprint density at radius 3 is 2.68 bits per heavy atom. The smallest absolute Gasteiger partial charge is 0.301 e. The van der Waals surface area contributed by atoms with Gasteiger partial charge in [-0.15, -0.1) is 10.2 Å². The number of carbonyl (C=O) groups excluding carboxylic acids is 2. The summed E-state index contributed by atoms with van der Waals surface area (Å²) in [4.78, 5) is 33.6. The van der Waals surface area contributed by atoms with Gasteiger partial charge < -0.3 is 9.84 Å². The maximum atomic E-state index is 13.9. The number of rotatable bonds is 10. The summed E-state index contributed by atoms with van der Waals surface area (Å²) < 4.78 is 8.35. The van der Waals surface area contributed by atoms with Crippen molar-refractivity contribution < 1.29 is 19.4 Å². The first-order chi connectivity index (χ1) is 22.9. The van der Waals surface area contributed by atoms with Crippen LogP contribution < -0.4 is 9.64 Å². The molecule has 1 unspecified atom stereocenters. The van der Waals surface area contributed by atoms with Crippen LogP contribution in [-0.4, -0.2) is 43.0 Å². The molecule has 1 N–H and O–H groups in total. The van der Waals surface area contributed by atoms with Crippen molar-refractivity contribution in [3.8, 4) is 5.75 Å². The summed E-state index contributed by atoms with van der Waals surface area (Å²) in [6.07, 6.45) is 3.64. The Hall–Kier alpha value is -5.00. The molecule has 1 aliphatic rings. The number of nitrogens with zero attached hydrogens (tertiary/aromatic N) is 5. The molecule has 3 aromatic heterocycles. The van der Waals surface area contributed by atoms with Crippen LogP contribution in [0, 0.1) is 6.92 Å². The summed E-state index contributed by atoms with van der Waals surface area (Å²) in [5.41, 5.74) is 3.20. The van der Waals surface area contributed by atoms with Crippen molar-refractivity contribution in [2.24, 2.45) is 0 Å².